The van der Waals surface area contributed by atoms with Gasteiger partial charge >= 0.3 is 0 Å². The van der Waals surface area contributed by atoms with Crippen molar-refractivity contribution in [2.75, 3.05) is 11.9 Å². The number of nitrogens with zero attached hydrogens (tertiary/aromatic N) is 5. The summed E-state index contributed by atoms with van der Waals surface area (Å²) in [6, 6.07) is 6.09. The molecule has 0 unspecified atom stereocenters. The number of aryl methyl sites for hydroxylation is 1. The highest BCUT2D eigenvalue weighted by Gasteiger charge is 2.37. The van der Waals surface area contributed by atoms with Crippen LogP contribution in [0.2, 0.25) is 0 Å². The molecular formula is C23H24N6O2S. The van der Waals surface area contributed by atoms with Gasteiger partial charge in [-0.2, -0.15) is 5.10 Å². The van der Waals surface area contributed by atoms with Crippen LogP contribution in [0, 0.1) is 5.92 Å². The largest absolute Gasteiger partial charge is 0.391 e. The number of nitrogens with one attached hydrogen (secondary N) is 1. The van der Waals surface area contributed by atoms with Crippen LogP contribution in [-0.2, 0) is 17.6 Å². The van der Waals surface area contributed by atoms with E-state index in [1.54, 1.807) is 23.9 Å². The van der Waals surface area contributed by atoms with E-state index in [2.05, 4.69) is 20.4 Å². The summed E-state index contributed by atoms with van der Waals surface area (Å²) < 4.78 is 1.82. The van der Waals surface area contributed by atoms with Gasteiger partial charge in [0.15, 0.2) is 0 Å². The van der Waals surface area contributed by atoms with E-state index in [0.29, 0.717) is 13.0 Å². The number of aromatic nitrogens is 4. The molecule has 1 fully saturated rings. The molecule has 2 aliphatic rings. The second-order valence-electron chi connectivity index (χ2n) is 8.82. The Labute approximate surface area is 188 Å². The van der Waals surface area contributed by atoms with Gasteiger partial charge < -0.3 is 15.3 Å². The number of β-amino-alcohol motifs (C(OH)–C–C–N with tert-alkyl or cyclic N) is 1. The van der Waals surface area contributed by atoms with E-state index in [1.165, 1.54) is 10.4 Å². The normalized spacial score (nSPS) is 23.1. The number of carbonyl (C=O) groups is 1. The Morgan fingerprint density at radius 2 is 2.22 bits per heavy atom. The number of aliphatic hydroxyl groups is 1. The molecule has 9 heteroatoms. The summed E-state index contributed by atoms with van der Waals surface area (Å²) >= 11 is 1.67. The monoisotopic (exact) mass is 448 g/mol. The van der Waals surface area contributed by atoms with Crippen LogP contribution in [0.4, 0.5) is 11.5 Å². The number of likely N-dealkylation sites (tertiary alicyclic amines) is 1. The van der Waals surface area contributed by atoms with Crippen molar-refractivity contribution in [2.24, 2.45) is 5.92 Å². The molecule has 0 radical (unpaired) electrons. The summed E-state index contributed by atoms with van der Waals surface area (Å²) in [6.45, 7) is 2.48. The Kier molecular flexibility index (Phi) is 4.62. The van der Waals surface area contributed by atoms with Crippen LogP contribution in [0.25, 0.3) is 15.7 Å². The number of aliphatic hydroxyl groups excluding tert-OH is 1. The Morgan fingerprint density at radius 3 is 3.06 bits per heavy atom. The van der Waals surface area contributed by atoms with E-state index in [0.717, 1.165) is 46.5 Å². The summed E-state index contributed by atoms with van der Waals surface area (Å²) in [5.74, 6) is 0.949. The van der Waals surface area contributed by atoms with Gasteiger partial charge in [0, 0.05) is 41.5 Å². The number of rotatable bonds is 3. The molecule has 0 saturated carbocycles. The minimum Gasteiger partial charge on any atom is -0.391 e. The van der Waals surface area contributed by atoms with E-state index in [4.69, 9.17) is 0 Å². The van der Waals surface area contributed by atoms with Crippen LogP contribution >= 0.6 is 11.3 Å². The first-order valence-electron chi connectivity index (χ1n) is 11.0. The van der Waals surface area contributed by atoms with Gasteiger partial charge in [0.25, 0.3) is 0 Å². The van der Waals surface area contributed by atoms with Gasteiger partial charge in [-0.1, -0.05) is 0 Å². The first-order chi connectivity index (χ1) is 15.6. The van der Waals surface area contributed by atoms with Gasteiger partial charge in [-0.15, -0.1) is 11.3 Å². The van der Waals surface area contributed by atoms with Crippen LogP contribution in [-0.4, -0.2) is 54.2 Å². The van der Waals surface area contributed by atoms with Crippen LogP contribution in [0.15, 0.2) is 36.9 Å². The molecule has 164 valence electrons. The van der Waals surface area contributed by atoms with Crippen molar-refractivity contribution in [3.63, 3.8) is 0 Å². The topological polar surface area (TPSA) is 95.6 Å². The van der Waals surface area contributed by atoms with E-state index in [9.17, 15) is 9.90 Å². The van der Waals surface area contributed by atoms with E-state index >= 15 is 0 Å². The molecule has 2 N–H and O–H groups in total. The Bertz CT molecular complexity index is 1330. The SMILES string of the molecule is C[C@@H]1C[C@H](O)CN1C(=O)[C@H]1CCc2c(sc3ncnc(Nc4ccn5nccc5c4)c23)C1. The van der Waals surface area contributed by atoms with Gasteiger partial charge in [0.05, 0.1) is 17.0 Å². The maximum absolute atomic E-state index is 13.1. The fraction of sp³-hybridized carbons (Fsp3) is 0.391. The van der Waals surface area contributed by atoms with Gasteiger partial charge in [0.1, 0.15) is 17.0 Å². The average molecular weight is 449 g/mol. The molecule has 1 saturated heterocycles. The molecular weight excluding hydrogens is 424 g/mol. The van der Waals surface area contributed by atoms with Gasteiger partial charge in [-0.25, -0.2) is 14.5 Å². The van der Waals surface area contributed by atoms with E-state index < -0.39 is 6.10 Å². The smallest absolute Gasteiger partial charge is 0.226 e. The highest BCUT2D eigenvalue weighted by molar-refractivity contribution is 7.19. The van der Waals surface area contributed by atoms with Crippen molar-refractivity contribution in [3.05, 3.63) is 47.4 Å². The third kappa shape index (κ3) is 3.23. The van der Waals surface area contributed by atoms with Crippen molar-refractivity contribution in [1.82, 2.24) is 24.5 Å². The van der Waals surface area contributed by atoms with Crippen LogP contribution in [0.1, 0.15) is 30.2 Å². The van der Waals surface area contributed by atoms with Crippen molar-refractivity contribution in [1.29, 1.82) is 0 Å². The zero-order valence-corrected chi connectivity index (χ0v) is 18.5. The van der Waals surface area contributed by atoms with Crippen molar-refractivity contribution in [2.45, 2.75) is 44.8 Å². The number of hydrogen-bond donors (Lipinski definition) is 2. The van der Waals surface area contributed by atoms with Crippen LogP contribution in [0.5, 0.6) is 0 Å². The van der Waals surface area contributed by atoms with Crippen molar-refractivity contribution >= 4 is 44.5 Å². The molecule has 0 bridgehead atoms. The molecule has 32 heavy (non-hydrogen) atoms. The Hall–Kier alpha value is -3.04. The lowest BCUT2D eigenvalue weighted by atomic mass is 9.86. The first-order valence-corrected chi connectivity index (χ1v) is 11.8. The number of pyridine rings is 1. The average Bonchev–Trinajstić information content (AvgIpc) is 3.48. The van der Waals surface area contributed by atoms with Crippen LogP contribution in [0.3, 0.4) is 0 Å². The quantitative estimate of drug-likeness (QED) is 0.500. The minimum atomic E-state index is -0.400. The molecule has 5 heterocycles. The molecule has 0 aromatic carbocycles. The molecule has 8 nitrogen and oxygen atoms in total. The molecule has 4 aromatic rings. The predicted molar refractivity (Wildman–Crippen MR) is 123 cm³/mol. The first kappa shape index (κ1) is 19.6. The fourth-order valence-electron chi connectivity index (χ4n) is 5.10. The molecule has 1 aliphatic heterocycles. The molecule has 1 amide bonds. The number of amides is 1. The lowest BCUT2D eigenvalue weighted by molar-refractivity contribution is -0.136. The van der Waals surface area contributed by atoms with Gasteiger partial charge in [0.2, 0.25) is 5.91 Å². The van der Waals surface area contributed by atoms with E-state index in [-0.39, 0.29) is 17.9 Å². The zero-order chi connectivity index (χ0) is 21.8. The molecule has 3 atom stereocenters. The summed E-state index contributed by atoms with van der Waals surface area (Å²) in [5.41, 5.74) is 3.22. The molecule has 0 spiro atoms. The van der Waals surface area contributed by atoms with Crippen molar-refractivity contribution in [3.8, 4) is 0 Å². The number of thiophene rings is 1. The summed E-state index contributed by atoms with van der Waals surface area (Å²) in [6.07, 6.45) is 7.94. The number of carbonyl (C=O) groups excluding carboxylic acids is 1. The zero-order valence-electron chi connectivity index (χ0n) is 17.7. The molecule has 4 aromatic heterocycles. The highest BCUT2D eigenvalue weighted by Crippen LogP contribution is 2.41. The third-order valence-corrected chi connectivity index (χ3v) is 7.86. The number of hydrogen-bond acceptors (Lipinski definition) is 7. The maximum atomic E-state index is 13.1. The summed E-state index contributed by atoms with van der Waals surface area (Å²) in [7, 11) is 0. The summed E-state index contributed by atoms with van der Waals surface area (Å²) in [4.78, 5) is 26.3. The lowest BCUT2D eigenvalue weighted by Gasteiger charge is -2.29. The fourth-order valence-corrected chi connectivity index (χ4v) is 6.36. The van der Waals surface area contributed by atoms with Crippen LogP contribution < -0.4 is 5.32 Å². The minimum absolute atomic E-state index is 0.0306. The number of anilines is 2. The summed E-state index contributed by atoms with van der Waals surface area (Å²) in [5, 5.41) is 18.7. The molecule has 1 aliphatic carbocycles. The van der Waals surface area contributed by atoms with Gasteiger partial charge in [-0.3, -0.25) is 4.79 Å². The lowest BCUT2D eigenvalue weighted by Crippen LogP contribution is -2.40. The second-order valence-corrected chi connectivity index (χ2v) is 9.90. The third-order valence-electron chi connectivity index (χ3n) is 6.69. The predicted octanol–water partition coefficient (Wildman–Crippen LogP) is 3.17. The highest BCUT2D eigenvalue weighted by atomic mass is 32.1. The molecule has 6 rings (SSSR count). The maximum Gasteiger partial charge on any atom is 0.226 e. The Balaban J connectivity index is 1.29. The number of fused-ring (bicyclic) bond motifs is 4. The van der Waals surface area contributed by atoms with E-state index in [1.807, 2.05) is 40.7 Å². The standard InChI is InChI=1S/C23H24N6O2S/c1-13-8-17(30)11-28(13)23(31)14-2-3-18-19(9-14)32-22-20(18)21(24-12-25-22)27-15-5-7-29-16(10-15)4-6-26-29/h4-7,10,12-14,17,30H,2-3,8-9,11H2,1H3,(H,24,25,27)/t13-,14+,17+/m1/s1. The Morgan fingerprint density at radius 1 is 1.31 bits per heavy atom. The second kappa shape index (κ2) is 7.53. The van der Waals surface area contributed by atoms with Gasteiger partial charge in [-0.05, 0) is 56.4 Å². The van der Waals surface area contributed by atoms with Crippen molar-refractivity contribution < 1.29 is 9.90 Å².